The summed E-state index contributed by atoms with van der Waals surface area (Å²) < 4.78 is 13.4. The Morgan fingerprint density at radius 1 is 1.14 bits per heavy atom. The number of benzene rings is 1. The van der Waals surface area contributed by atoms with Crippen LogP contribution in [-0.2, 0) is 9.59 Å². The molecule has 0 aliphatic heterocycles. The Labute approximate surface area is 212 Å². The van der Waals surface area contributed by atoms with E-state index in [-0.39, 0.29) is 24.2 Å². The Bertz CT molecular complexity index is 1060. The van der Waals surface area contributed by atoms with E-state index in [1.54, 1.807) is 31.5 Å². The number of likely N-dealkylation sites (N-methyl/N-ethyl adjacent to an activating group) is 2. The molecular formula is C26H36FN7O2. The molecule has 0 atom stereocenters. The number of hydrogen-bond acceptors (Lipinski definition) is 7. The van der Waals surface area contributed by atoms with Crippen molar-refractivity contribution in [3.63, 3.8) is 0 Å². The fraction of sp³-hybridized carbons (Fsp3) is 0.385. The van der Waals surface area contributed by atoms with Crippen LogP contribution in [0.5, 0.6) is 0 Å². The fourth-order valence-electron chi connectivity index (χ4n) is 3.00. The van der Waals surface area contributed by atoms with Crippen molar-refractivity contribution in [2.75, 3.05) is 58.0 Å². The standard InChI is InChI=1S/C26H36FN7O2/c1-5-14-29-25-20(18-30-26(32-25)31-22-12-8-11-21(27)17-22)10-6-7-15-28-23(35)19-34(4)24(36)13-9-16-33(2)3/h6,8-13,17-18H,5,7,14-16,19H2,1-4H3,(H,28,35)(H2,29,30,31,32)/b10-6?,13-9+. The van der Waals surface area contributed by atoms with Gasteiger partial charge in [0.1, 0.15) is 11.6 Å². The van der Waals surface area contributed by atoms with E-state index in [0.717, 1.165) is 18.5 Å². The Hall–Kier alpha value is -3.79. The van der Waals surface area contributed by atoms with Crippen LogP contribution in [0, 0.1) is 5.82 Å². The van der Waals surface area contributed by atoms with Gasteiger partial charge in [-0.2, -0.15) is 4.98 Å². The van der Waals surface area contributed by atoms with Crippen molar-refractivity contribution in [1.29, 1.82) is 0 Å². The van der Waals surface area contributed by atoms with Crippen LogP contribution >= 0.6 is 0 Å². The predicted octanol–water partition coefficient (Wildman–Crippen LogP) is 3.28. The van der Waals surface area contributed by atoms with Crippen LogP contribution in [0.3, 0.4) is 0 Å². The second kappa shape index (κ2) is 15.3. The normalized spacial score (nSPS) is 11.3. The predicted molar refractivity (Wildman–Crippen MR) is 142 cm³/mol. The number of aromatic nitrogens is 2. The average molecular weight is 498 g/mol. The van der Waals surface area contributed by atoms with E-state index < -0.39 is 0 Å². The highest BCUT2D eigenvalue weighted by Crippen LogP contribution is 2.19. The summed E-state index contributed by atoms with van der Waals surface area (Å²) in [4.78, 5) is 36.3. The Morgan fingerprint density at radius 3 is 2.67 bits per heavy atom. The number of amides is 2. The Kier molecular flexibility index (Phi) is 12.1. The summed E-state index contributed by atoms with van der Waals surface area (Å²) in [6.07, 6.45) is 10.3. The first kappa shape index (κ1) is 28.4. The summed E-state index contributed by atoms with van der Waals surface area (Å²) in [6, 6.07) is 6.10. The quantitative estimate of drug-likeness (QED) is 0.272. The summed E-state index contributed by atoms with van der Waals surface area (Å²) in [5.41, 5.74) is 1.36. The van der Waals surface area contributed by atoms with E-state index in [4.69, 9.17) is 0 Å². The lowest BCUT2D eigenvalue weighted by Crippen LogP contribution is -2.38. The largest absolute Gasteiger partial charge is 0.369 e. The number of nitrogens with one attached hydrogen (secondary N) is 3. The van der Waals surface area contributed by atoms with E-state index in [0.29, 0.717) is 37.0 Å². The molecule has 0 radical (unpaired) electrons. The van der Waals surface area contributed by atoms with Gasteiger partial charge in [0, 0.05) is 50.2 Å². The van der Waals surface area contributed by atoms with Gasteiger partial charge in [0.05, 0.1) is 6.54 Å². The molecule has 2 aromatic rings. The molecule has 0 saturated carbocycles. The number of carbonyl (C=O) groups is 2. The second-order valence-corrected chi connectivity index (χ2v) is 8.46. The van der Waals surface area contributed by atoms with Crippen molar-refractivity contribution in [2.24, 2.45) is 0 Å². The molecule has 36 heavy (non-hydrogen) atoms. The molecule has 0 unspecified atom stereocenters. The summed E-state index contributed by atoms with van der Waals surface area (Å²) in [5.74, 6) is 0.245. The van der Waals surface area contributed by atoms with Crippen LogP contribution in [0.25, 0.3) is 6.08 Å². The van der Waals surface area contributed by atoms with Gasteiger partial charge in [0.15, 0.2) is 0 Å². The smallest absolute Gasteiger partial charge is 0.246 e. The number of nitrogens with zero attached hydrogens (tertiary/aromatic N) is 4. The lowest BCUT2D eigenvalue weighted by atomic mass is 10.2. The molecule has 0 bridgehead atoms. The third-order valence-electron chi connectivity index (χ3n) is 4.86. The summed E-state index contributed by atoms with van der Waals surface area (Å²) in [5, 5.41) is 9.10. The minimum Gasteiger partial charge on any atom is -0.369 e. The van der Waals surface area contributed by atoms with Gasteiger partial charge in [-0.1, -0.05) is 31.2 Å². The Morgan fingerprint density at radius 2 is 1.94 bits per heavy atom. The summed E-state index contributed by atoms with van der Waals surface area (Å²) >= 11 is 0. The van der Waals surface area contributed by atoms with Crippen molar-refractivity contribution < 1.29 is 14.0 Å². The zero-order valence-corrected chi connectivity index (χ0v) is 21.4. The first-order valence-corrected chi connectivity index (χ1v) is 11.9. The molecule has 0 fully saturated rings. The molecular weight excluding hydrogens is 461 g/mol. The lowest BCUT2D eigenvalue weighted by molar-refractivity contribution is -0.131. The number of halogens is 1. The van der Waals surface area contributed by atoms with Crippen molar-refractivity contribution in [1.82, 2.24) is 25.1 Å². The molecule has 2 rings (SSSR count). The van der Waals surface area contributed by atoms with E-state index in [2.05, 4.69) is 32.8 Å². The van der Waals surface area contributed by atoms with Gasteiger partial charge in [-0.25, -0.2) is 9.37 Å². The number of carbonyl (C=O) groups excluding carboxylic acids is 2. The highest BCUT2D eigenvalue weighted by atomic mass is 19.1. The maximum atomic E-state index is 13.4. The molecule has 9 nitrogen and oxygen atoms in total. The molecule has 0 spiro atoms. The maximum Gasteiger partial charge on any atom is 0.246 e. The van der Waals surface area contributed by atoms with Crippen molar-refractivity contribution in [3.05, 3.63) is 60.1 Å². The number of rotatable bonds is 14. The van der Waals surface area contributed by atoms with Gasteiger partial charge in [-0.05, 0) is 45.1 Å². The topological polar surface area (TPSA) is 102 Å². The van der Waals surface area contributed by atoms with E-state index in [1.165, 1.54) is 23.1 Å². The van der Waals surface area contributed by atoms with Crippen LogP contribution in [0.15, 0.2) is 48.7 Å². The number of hydrogen-bond donors (Lipinski definition) is 3. The summed E-state index contributed by atoms with van der Waals surface area (Å²) in [7, 11) is 5.43. The molecule has 2 amide bonds. The van der Waals surface area contributed by atoms with Crippen LogP contribution in [0.1, 0.15) is 25.3 Å². The lowest BCUT2D eigenvalue weighted by Gasteiger charge is -2.14. The third-order valence-corrected chi connectivity index (χ3v) is 4.86. The molecule has 0 saturated heterocycles. The van der Waals surface area contributed by atoms with Gasteiger partial charge in [0.25, 0.3) is 0 Å². The van der Waals surface area contributed by atoms with Crippen molar-refractivity contribution in [3.8, 4) is 0 Å². The highest BCUT2D eigenvalue weighted by Gasteiger charge is 2.10. The first-order chi connectivity index (χ1) is 17.3. The van der Waals surface area contributed by atoms with Crippen LogP contribution < -0.4 is 16.0 Å². The van der Waals surface area contributed by atoms with Gasteiger partial charge >= 0.3 is 0 Å². The Balaban J connectivity index is 1.86. The fourth-order valence-corrected chi connectivity index (χ4v) is 3.00. The van der Waals surface area contributed by atoms with Crippen LogP contribution in [0.4, 0.5) is 21.8 Å². The van der Waals surface area contributed by atoms with Gasteiger partial charge < -0.3 is 25.8 Å². The van der Waals surface area contributed by atoms with Gasteiger partial charge in [0.2, 0.25) is 17.8 Å². The minimum atomic E-state index is -0.342. The second-order valence-electron chi connectivity index (χ2n) is 8.46. The molecule has 0 aliphatic rings. The molecule has 1 aromatic carbocycles. The average Bonchev–Trinajstić information content (AvgIpc) is 2.83. The molecule has 1 aromatic heterocycles. The van der Waals surface area contributed by atoms with E-state index in [9.17, 15) is 14.0 Å². The van der Waals surface area contributed by atoms with Crippen molar-refractivity contribution >= 4 is 35.3 Å². The van der Waals surface area contributed by atoms with Crippen LogP contribution in [-0.4, -0.2) is 78.9 Å². The zero-order valence-electron chi connectivity index (χ0n) is 21.4. The molecule has 10 heteroatoms. The van der Waals surface area contributed by atoms with Gasteiger partial charge in [-0.3, -0.25) is 9.59 Å². The van der Waals surface area contributed by atoms with Gasteiger partial charge in [-0.15, -0.1) is 0 Å². The third kappa shape index (κ3) is 10.6. The SMILES string of the molecule is CCCNc1nc(Nc2cccc(F)c2)ncc1C=CCCNC(=O)CN(C)C(=O)/C=C/CN(C)C. The number of anilines is 3. The summed E-state index contributed by atoms with van der Waals surface area (Å²) in [6.45, 7) is 3.89. The minimum absolute atomic E-state index is 0.00640. The van der Waals surface area contributed by atoms with Crippen molar-refractivity contribution in [2.45, 2.75) is 19.8 Å². The highest BCUT2D eigenvalue weighted by molar-refractivity contribution is 5.91. The molecule has 3 N–H and O–H groups in total. The maximum absolute atomic E-state index is 13.4. The van der Waals surface area contributed by atoms with Crippen LogP contribution in [0.2, 0.25) is 0 Å². The van der Waals surface area contributed by atoms with E-state index >= 15 is 0 Å². The molecule has 0 aliphatic carbocycles. The van der Waals surface area contributed by atoms with E-state index in [1.807, 2.05) is 31.1 Å². The first-order valence-electron chi connectivity index (χ1n) is 11.9. The molecule has 1 heterocycles. The molecule has 194 valence electrons. The zero-order chi connectivity index (χ0) is 26.3. The monoisotopic (exact) mass is 497 g/mol.